The van der Waals surface area contributed by atoms with E-state index in [2.05, 4.69) is 17.7 Å². The molecule has 0 unspecified atom stereocenters. The summed E-state index contributed by atoms with van der Waals surface area (Å²) in [4.78, 5) is 11.3. The Hall–Kier alpha value is -1.18. The molecule has 21 heavy (non-hydrogen) atoms. The Labute approximate surface area is 130 Å². The van der Waals surface area contributed by atoms with Gasteiger partial charge >= 0.3 is 0 Å². The largest absolute Gasteiger partial charge is 0.294 e. The van der Waals surface area contributed by atoms with Gasteiger partial charge in [-0.05, 0) is 19.4 Å². The number of hydrogen-bond donors (Lipinski definition) is 0. The minimum absolute atomic E-state index is 0.146. The minimum Gasteiger partial charge on any atom is -0.294 e. The Morgan fingerprint density at radius 3 is 2.10 bits per heavy atom. The van der Waals surface area contributed by atoms with Crippen molar-refractivity contribution in [2.45, 2.75) is 84.6 Å². The van der Waals surface area contributed by atoms with Gasteiger partial charge in [0.1, 0.15) is 6.54 Å². The van der Waals surface area contributed by atoms with Gasteiger partial charge in [0, 0.05) is 12.5 Å². The molecule has 2 nitrogen and oxygen atoms in total. The summed E-state index contributed by atoms with van der Waals surface area (Å²) in [6, 6.07) is 3.85. The molecule has 0 aliphatic rings. The molecule has 0 aliphatic heterocycles. The molecular formula is C19H32NO+. The lowest BCUT2D eigenvalue weighted by molar-refractivity contribution is -0.697. The first-order chi connectivity index (χ1) is 10.2. The molecule has 0 bridgehead atoms. The lowest BCUT2D eigenvalue weighted by Gasteiger charge is -2.02. The van der Waals surface area contributed by atoms with Crippen LogP contribution in [0.15, 0.2) is 24.5 Å². The molecular weight excluding hydrogens is 258 g/mol. The molecule has 0 saturated carbocycles. The maximum Gasteiger partial charge on any atom is 0.179 e. The number of rotatable bonds is 12. The third kappa shape index (κ3) is 8.64. The van der Waals surface area contributed by atoms with Crippen LogP contribution in [-0.2, 0) is 6.54 Å². The van der Waals surface area contributed by atoms with Crippen LogP contribution in [0.5, 0.6) is 0 Å². The van der Waals surface area contributed by atoms with Crippen molar-refractivity contribution in [3.8, 4) is 0 Å². The number of ketones is 1. The van der Waals surface area contributed by atoms with E-state index in [0.717, 1.165) is 12.1 Å². The average Bonchev–Trinajstić information content (AvgIpc) is 2.49. The number of carbonyl (C=O) groups excluding carboxylic acids is 1. The maximum atomic E-state index is 11.3. The smallest absolute Gasteiger partial charge is 0.179 e. The Morgan fingerprint density at radius 1 is 0.952 bits per heavy atom. The van der Waals surface area contributed by atoms with Crippen LogP contribution in [0, 0.1) is 0 Å². The van der Waals surface area contributed by atoms with Gasteiger partial charge in [-0.1, -0.05) is 58.3 Å². The summed E-state index contributed by atoms with van der Waals surface area (Å²) in [6.07, 6.45) is 17.6. The van der Waals surface area contributed by atoms with Crippen LogP contribution in [0.2, 0.25) is 0 Å². The van der Waals surface area contributed by atoms with E-state index in [0.29, 0.717) is 0 Å². The summed E-state index contributed by atoms with van der Waals surface area (Å²) in [6.45, 7) is 4.92. The molecule has 0 fully saturated rings. The zero-order valence-corrected chi connectivity index (χ0v) is 13.9. The van der Waals surface area contributed by atoms with Crippen molar-refractivity contribution >= 4 is 5.78 Å². The lowest BCUT2D eigenvalue weighted by atomic mass is 10.1. The predicted octanol–water partition coefficient (Wildman–Crippen LogP) is 5.10. The van der Waals surface area contributed by atoms with Gasteiger partial charge in [-0.3, -0.25) is 4.79 Å². The molecule has 0 atom stereocenters. The van der Waals surface area contributed by atoms with E-state index in [1.165, 1.54) is 64.2 Å². The predicted molar refractivity (Wildman–Crippen MR) is 88.5 cm³/mol. The van der Waals surface area contributed by atoms with E-state index in [1.807, 2.05) is 18.3 Å². The monoisotopic (exact) mass is 290 g/mol. The summed E-state index contributed by atoms with van der Waals surface area (Å²) in [5.74, 6) is 0.146. The van der Waals surface area contributed by atoms with Crippen molar-refractivity contribution in [1.29, 1.82) is 0 Å². The zero-order chi connectivity index (χ0) is 15.3. The molecule has 1 aromatic heterocycles. The van der Waals surface area contributed by atoms with Crippen LogP contribution in [-0.4, -0.2) is 5.78 Å². The summed E-state index contributed by atoms with van der Waals surface area (Å²) >= 11 is 0. The number of pyridine rings is 1. The molecule has 1 rings (SSSR count). The normalized spacial score (nSPS) is 10.8. The number of aromatic nitrogens is 1. The molecule has 0 spiro atoms. The Kier molecular flexibility index (Phi) is 9.77. The molecule has 1 heterocycles. The molecule has 0 N–H and O–H groups in total. The minimum atomic E-state index is 0.146. The lowest BCUT2D eigenvalue weighted by Crippen LogP contribution is -2.33. The number of aryl methyl sites for hydroxylation is 1. The second kappa shape index (κ2) is 11.5. The van der Waals surface area contributed by atoms with Crippen LogP contribution >= 0.6 is 0 Å². The number of unbranched alkanes of at least 4 members (excludes halogenated alkanes) is 9. The van der Waals surface area contributed by atoms with Gasteiger partial charge in [0.2, 0.25) is 0 Å². The highest BCUT2D eigenvalue weighted by atomic mass is 16.1. The number of Topliss-reactive ketones (excluding diaryl/α,β-unsaturated/α-hetero) is 1. The van der Waals surface area contributed by atoms with Crippen LogP contribution in [0.3, 0.4) is 0 Å². The summed E-state index contributed by atoms with van der Waals surface area (Å²) in [7, 11) is 0. The first kappa shape index (κ1) is 17.9. The number of carbonyl (C=O) groups is 1. The molecule has 0 amide bonds. The zero-order valence-electron chi connectivity index (χ0n) is 13.9. The highest BCUT2D eigenvalue weighted by Gasteiger charge is 2.05. The molecule has 0 saturated heterocycles. The van der Waals surface area contributed by atoms with Crippen LogP contribution in [0.4, 0.5) is 0 Å². The van der Waals surface area contributed by atoms with Gasteiger partial charge in [-0.2, -0.15) is 0 Å². The van der Waals surface area contributed by atoms with Crippen molar-refractivity contribution in [3.63, 3.8) is 0 Å². The highest BCUT2D eigenvalue weighted by molar-refractivity contribution is 5.93. The van der Waals surface area contributed by atoms with Gasteiger partial charge < -0.3 is 0 Å². The molecule has 0 aromatic carbocycles. The number of hydrogen-bond acceptors (Lipinski definition) is 1. The van der Waals surface area contributed by atoms with Crippen molar-refractivity contribution in [2.75, 3.05) is 0 Å². The highest BCUT2D eigenvalue weighted by Crippen LogP contribution is 2.10. The second-order valence-electron chi connectivity index (χ2n) is 6.07. The molecule has 2 heteroatoms. The van der Waals surface area contributed by atoms with Gasteiger partial charge in [0.25, 0.3) is 0 Å². The van der Waals surface area contributed by atoms with E-state index in [9.17, 15) is 4.79 Å². The first-order valence-electron chi connectivity index (χ1n) is 8.74. The topological polar surface area (TPSA) is 20.9 Å². The summed E-state index contributed by atoms with van der Waals surface area (Å²) < 4.78 is 2.14. The van der Waals surface area contributed by atoms with E-state index < -0.39 is 0 Å². The van der Waals surface area contributed by atoms with E-state index in [4.69, 9.17) is 0 Å². The van der Waals surface area contributed by atoms with Gasteiger partial charge in [0.15, 0.2) is 18.2 Å². The average molecular weight is 290 g/mol. The standard InChI is InChI=1S/C19H32NO/c1-3-4-5-6-7-8-9-10-11-12-15-20-16-13-14-19(17-20)18(2)21/h13-14,16-17H,3-12,15H2,1-2H3/q+1. The fourth-order valence-corrected chi connectivity index (χ4v) is 2.65. The van der Waals surface area contributed by atoms with Crippen LogP contribution < -0.4 is 4.57 Å². The second-order valence-corrected chi connectivity index (χ2v) is 6.07. The van der Waals surface area contributed by atoms with Gasteiger partial charge in [-0.25, -0.2) is 4.57 Å². The molecule has 0 aliphatic carbocycles. The Morgan fingerprint density at radius 2 is 1.52 bits per heavy atom. The molecule has 1 aromatic rings. The van der Waals surface area contributed by atoms with Crippen molar-refractivity contribution in [1.82, 2.24) is 0 Å². The fraction of sp³-hybridized carbons (Fsp3) is 0.684. The van der Waals surface area contributed by atoms with Gasteiger partial charge in [-0.15, -0.1) is 0 Å². The van der Waals surface area contributed by atoms with E-state index >= 15 is 0 Å². The third-order valence-electron chi connectivity index (χ3n) is 4.03. The number of nitrogens with zero attached hydrogens (tertiary/aromatic N) is 1. The maximum absolute atomic E-state index is 11.3. The SMILES string of the molecule is CCCCCCCCCCCC[n+]1cccc(C(C)=O)c1. The van der Waals surface area contributed by atoms with Gasteiger partial charge in [0.05, 0.1) is 5.56 Å². The van der Waals surface area contributed by atoms with E-state index in [-0.39, 0.29) is 5.78 Å². The Bertz CT molecular complexity index is 400. The van der Waals surface area contributed by atoms with E-state index in [1.54, 1.807) is 6.92 Å². The van der Waals surface area contributed by atoms with Crippen LogP contribution in [0.1, 0.15) is 88.4 Å². The Balaban J connectivity index is 2.01. The quantitative estimate of drug-likeness (QED) is 0.298. The van der Waals surface area contributed by atoms with Crippen molar-refractivity contribution in [2.24, 2.45) is 0 Å². The van der Waals surface area contributed by atoms with Crippen LogP contribution in [0.25, 0.3) is 0 Å². The summed E-state index contributed by atoms with van der Waals surface area (Å²) in [5, 5.41) is 0. The molecule has 0 radical (unpaired) electrons. The first-order valence-corrected chi connectivity index (χ1v) is 8.74. The fourth-order valence-electron chi connectivity index (χ4n) is 2.65. The van der Waals surface area contributed by atoms with Crippen molar-refractivity contribution < 1.29 is 9.36 Å². The molecule has 118 valence electrons. The summed E-state index contributed by atoms with van der Waals surface area (Å²) in [5.41, 5.74) is 0.810. The van der Waals surface area contributed by atoms with Crippen molar-refractivity contribution in [3.05, 3.63) is 30.1 Å². The third-order valence-corrected chi connectivity index (χ3v) is 4.03.